The highest BCUT2D eigenvalue weighted by molar-refractivity contribution is 8.75. The van der Waals surface area contributed by atoms with Crippen LogP contribution in [0.1, 0.15) is 6.42 Å². The van der Waals surface area contributed by atoms with Crippen molar-refractivity contribution in [1.29, 1.82) is 0 Å². The van der Waals surface area contributed by atoms with E-state index in [0.717, 1.165) is 13.0 Å². The highest BCUT2D eigenvalue weighted by Crippen LogP contribution is 2.10. The van der Waals surface area contributed by atoms with E-state index in [9.17, 15) is 0 Å². The molecule has 0 spiro atoms. The van der Waals surface area contributed by atoms with Crippen LogP contribution in [-0.4, -0.2) is 24.5 Å². The first-order chi connectivity index (χ1) is 3.91. The Morgan fingerprint density at radius 2 is 2.38 bits per heavy atom. The van der Waals surface area contributed by atoms with Crippen molar-refractivity contribution in [2.24, 2.45) is 0 Å². The molecule has 0 aromatic rings. The third kappa shape index (κ3) is 6.62. The highest BCUT2D eigenvalue weighted by atomic mass is 33.1. The summed E-state index contributed by atoms with van der Waals surface area (Å²) in [5.74, 6) is 0. The highest BCUT2D eigenvalue weighted by Gasteiger charge is 1.82. The predicted octanol–water partition coefficient (Wildman–Crippen LogP) is 0.885. The van der Waals surface area contributed by atoms with E-state index in [2.05, 4.69) is 4.72 Å². The summed E-state index contributed by atoms with van der Waals surface area (Å²) >= 11 is 0. The number of rotatable bonds is 5. The SMILES string of the molecule is CSSNCCCO. The van der Waals surface area contributed by atoms with Crippen molar-refractivity contribution >= 4 is 21.8 Å². The standard InChI is InChI=1S/C4H11NOS2/c1-7-8-5-3-2-4-6/h5-6H,2-4H2,1H3. The van der Waals surface area contributed by atoms with E-state index in [1.54, 1.807) is 21.8 Å². The minimum absolute atomic E-state index is 0.280. The van der Waals surface area contributed by atoms with Crippen molar-refractivity contribution in [3.05, 3.63) is 0 Å². The van der Waals surface area contributed by atoms with E-state index in [0.29, 0.717) is 0 Å². The molecule has 0 aliphatic carbocycles. The summed E-state index contributed by atoms with van der Waals surface area (Å²) in [5, 5.41) is 8.31. The van der Waals surface area contributed by atoms with E-state index in [1.807, 2.05) is 6.26 Å². The number of aliphatic hydroxyl groups is 1. The van der Waals surface area contributed by atoms with E-state index >= 15 is 0 Å². The van der Waals surface area contributed by atoms with Gasteiger partial charge in [0.05, 0.1) is 0 Å². The average molecular weight is 153 g/mol. The monoisotopic (exact) mass is 153 g/mol. The van der Waals surface area contributed by atoms with Gasteiger partial charge >= 0.3 is 0 Å². The largest absolute Gasteiger partial charge is 0.396 e. The summed E-state index contributed by atoms with van der Waals surface area (Å²) in [4.78, 5) is 0. The zero-order valence-electron chi connectivity index (χ0n) is 4.89. The third-order valence-electron chi connectivity index (χ3n) is 0.579. The van der Waals surface area contributed by atoms with Crippen LogP contribution in [0.15, 0.2) is 0 Å². The molecule has 0 fully saturated rings. The first-order valence-electron chi connectivity index (χ1n) is 2.45. The Bertz CT molecular complexity index is 39.0. The van der Waals surface area contributed by atoms with Crippen LogP contribution < -0.4 is 4.72 Å². The van der Waals surface area contributed by atoms with Crippen molar-refractivity contribution in [1.82, 2.24) is 4.72 Å². The van der Waals surface area contributed by atoms with Crippen molar-refractivity contribution in [2.75, 3.05) is 19.4 Å². The summed E-state index contributed by atoms with van der Waals surface area (Å²) in [6.07, 6.45) is 2.85. The van der Waals surface area contributed by atoms with E-state index in [-0.39, 0.29) is 6.61 Å². The van der Waals surface area contributed by atoms with Gasteiger partial charge in [-0.2, -0.15) is 0 Å². The number of nitrogens with one attached hydrogen (secondary N) is 1. The quantitative estimate of drug-likeness (QED) is 0.349. The summed E-state index contributed by atoms with van der Waals surface area (Å²) in [7, 11) is 3.28. The van der Waals surface area contributed by atoms with Gasteiger partial charge < -0.3 is 5.11 Å². The lowest BCUT2D eigenvalue weighted by Gasteiger charge is -1.96. The fraction of sp³-hybridized carbons (Fsp3) is 1.00. The van der Waals surface area contributed by atoms with E-state index < -0.39 is 0 Å². The molecule has 0 amide bonds. The Morgan fingerprint density at radius 3 is 2.88 bits per heavy atom. The molecule has 2 nitrogen and oxygen atoms in total. The predicted molar refractivity (Wildman–Crippen MR) is 40.8 cm³/mol. The number of hydrogen-bond acceptors (Lipinski definition) is 4. The molecule has 0 rings (SSSR count). The van der Waals surface area contributed by atoms with Gasteiger partial charge in [-0.3, -0.25) is 4.72 Å². The number of aliphatic hydroxyl groups excluding tert-OH is 1. The van der Waals surface area contributed by atoms with Gasteiger partial charge in [0.15, 0.2) is 0 Å². The maximum Gasteiger partial charge on any atom is 0.0443 e. The number of hydrogen-bond donors (Lipinski definition) is 2. The van der Waals surface area contributed by atoms with Crippen molar-refractivity contribution in [3.8, 4) is 0 Å². The Kier molecular flexibility index (Phi) is 8.21. The van der Waals surface area contributed by atoms with Crippen LogP contribution in [0.4, 0.5) is 0 Å². The van der Waals surface area contributed by atoms with E-state index in [1.165, 1.54) is 0 Å². The Morgan fingerprint density at radius 1 is 1.62 bits per heavy atom. The Balaban J connectivity index is 2.53. The van der Waals surface area contributed by atoms with Gasteiger partial charge in [-0.1, -0.05) is 10.8 Å². The molecular weight excluding hydrogens is 142 g/mol. The summed E-state index contributed by atoms with van der Waals surface area (Å²) in [6.45, 7) is 1.17. The second-order valence-electron chi connectivity index (χ2n) is 1.22. The molecule has 0 heterocycles. The molecule has 0 aromatic heterocycles. The molecule has 0 aliphatic heterocycles. The van der Waals surface area contributed by atoms with Crippen molar-refractivity contribution in [2.45, 2.75) is 6.42 Å². The molecule has 0 radical (unpaired) electrons. The van der Waals surface area contributed by atoms with Gasteiger partial charge in [-0.25, -0.2) is 0 Å². The van der Waals surface area contributed by atoms with Gasteiger partial charge in [0, 0.05) is 13.2 Å². The fourth-order valence-electron chi connectivity index (χ4n) is 0.252. The van der Waals surface area contributed by atoms with Gasteiger partial charge in [-0.15, -0.1) is 0 Å². The average Bonchev–Trinajstić information content (AvgIpc) is 1.81. The lowest BCUT2D eigenvalue weighted by atomic mass is 10.5. The maximum absolute atomic E-state index is 8.31. The molecule has 50 valence electrons. The molecule has 0 saturated carbocycles. The third-order valence-corrected chi connectivity index (χ3v) is 1.92. The van der Waals surface area contributed by atoms with Crippen LogP contribution >= 0.6 is 21.8 Å². The lowest BCUT2D eigenvalue weighted by molar-refractivity contribution is 0.290. The van der Waals surface area contributed by atoms with Crippen LogP contribution in [0.2, 0.25) is 0 Å². The normalized spacial score (nSPS) is 9.75. The maximum atomic E-state index is 8.31. The molecule has 0 aromatic carbocycles. The molecule has 0 unspecified atom stereocenters. The topological polar surface area (TPSA) is 32.3 Å². The van der Waals surface area contributed by atoms with Crippen molar-refractivity contribution in [3.63, 3.8) is 0 Å². The lowest BCUT2D eigenvalue weighted by Crippen LogP contribution is -2.04. The first kappa shape index (κ1) is 8.62. The smallest absolute Gasteiger partial charge is 0.0443 e. The summed E-state index contributed by atoms with van der Waals surface area (Å²) in [5.41, 5.74) is 0. The molecule has 0 aliphatic rings. The minimum Gasteiger partial charge on any atom is -0.396 e. The van der Waals surface area contributed by atoms with Gasteiger partial charge in [-0.05, 0) is 23.7 Å². The molecule has 0 bridgehead atoms. The molecule has 4 heteroatoms. The van der Waals surface area contributed by atoms with Crippen molar-refractivity contribution < 1.29 is 5.11 Å². The Hall–Kier alpha value is 0.620. The first-order valence-corrected chi connectivity index (χ1v) is 5.01. The van der Waals surface area contributed by atoms with Crippen LogP contribution in [0, 0.1) is 0 Å². The second kappa shape index (κ2) is 7.62. The van der Waals surface area contributed by atoms with Gasteiger partial charge in [0.25, 0.3) is 0 Å². The fourth-order valence-corrected chi connectivity index (χ4v) is 1.20. The van der Waals surface area contributed by atoms with Gasteiger partial charge in [0.1, 0.15) is 0 Å². The molecule has 0 saturated heterocycles. The van der Waals surface area contributed by atoms with Gasteiger partial charge in [0.2, 0.25) is 0 Å². The zero-order chi connectivity index (χ0) is 6.24. The Labute approximate surface area is 58.0 Å². The van der Waals surface area contributed by atoms with E-state index in [4.69, 9.17) is 5.11 Å². The molecule has 0 atom stereocenters. The van der Waals surface area contributed by atoms with Crippen LogP contribution in [-0.2, 0) is 0 Å². The molecule has 2 N–H and O–H groups in total. The second-order valence-corrected chi connectivity index (χ2v) is 3.51. The summed E-state index contributed by atoms with van der Waals surface area (Å²) in [6, 6.07) is 0. The van der Waals surface area contributed by atoms with Crippen LogP contribution in [0.3, 0.4) is 0 Å². The van der Waals surface area contributed by atoms with Crippen LogP contribution in [0.25, 0.3) is 0 Å². The van der Waals surface area contributed by atoms with Crippen LogP contribution in [0.5, 0.6) is 0 Å². The summed E-state index contributed by atoms with van der Waals surface area (Å²) < 4.78 is 3.06. The molecular formula is C4H11NOS2. The zero-order valence-corrected chi connectivity index (χ0v) is 6.52. The minimum atomic E-state index is 0.280. The molecule has 8 heavy (non-hydrogen) atoms.